The van der Waals surface area contributed by atoms with Gasteiger partial charge in [-0.3, -0.25) is 4.79 Å². The second kappa shape index (κ2) is 8.79. The lowest BCUT2D eigenvalue weighted by molar-refractivity contribution is 0.0581. The van der Waals surface area contributed by atoms with Crippen molar-refractivity contribution in [3.8, 4) is 17.2 Å². The molecule has 3 aromatic carbocycles. The number of hydrogen-bond donors (Lipinski definition) is 0. The molecule has 1 saturated heterocycles. The highest BCUT2D eigenvalue weighted by Gasteiger charge is 2.32. The first-order valence-corrected chi connectivity index (χ1v) is 11.3. The SMILES string of the molecule is COc1ccc2c(c1)C(N1CCN(C(=O)c3cccc(Cl)c3)C(C)C1)=Nc1ccccc1O2. The van der Waals surface area contributed by atoms with Crippen molar-refractivity contribution < 1.29 is 14.3 Å². The van der Waals surface area contributed by atoms with Crippen LogP contribution in [0.5, 0.6) is 17.2 Å². The predicted octanol–water partition coefficient (Wildman–Crippen LogP) is 5.38. The van der Waals surface area contributed by atoms with Crippen LogP contribution < -0.4 is 9.47 Å². The Balaban J connectivity index is 1.47. The van der Waals surface area contributed by atoms with Gasteiger partial charge in [-0.1, -0.05) is 29.8 Å². The molecule has 0 N–H and O–H groups in total. The molecule has 0 spiro atoms. The van der Waals surface area contributed by atoms with E-state index in [2.05, 4.69) is 11.8 Å². The van der Waals surface area contributed by atoms with Crippen LogP contribution in [0, 0.1) is 0 Å². The third-order valence-corrected chi connectivity index (χ3v) is 6.23. The van der Waals surface area contributed by atoms with Gasteiger partial charge >= 0.3 is 0 Å². The minimum atomic E-state index is -0.0126. The summed E-state index contributed by atoms with van der Waals surface area (Å²) in [6.45, 7) is 3.92. The van der Waals surface area contributed by atoms with Crippen molar-refractivity contribution in [3.05, 3.63) is 82.9 Å². The number of para-hydroxylation sites is 2. The number of amides is 1. The van der Waals surface area contributed by atoms with Crippen molar-refractivity contribution >= 4 is 29.0 Å². The number of aliphatic imine (C=N–C) groups is 1. The van der Waals surface area contributed by atoms with Gasteiger partial charge in [0.2, 0.25) is 0 Å². The lowest BCUT2D eigenvalue weighted by Gasteiger charge is -2.41. The third kappa shape index (κ3) is 4.14. The number of carbonyl (C=O) groups excluding carboxylic acids is 1. The van der Waals surface area contributed by atoms with Crippen LogP contribution in [0.2, 0.25) is 5.02 Å². The molecule has 3 aromatic rings. The van der Waals surface area contributed by atoms with Crippen LogP contribution >= 0.6 is 11.6 Å². The fourth-order valence-electron chi connectivity index (χ4n) is 4.31. The Labute approximate surface area is 198 Å². The van der Waals surface area contributed by atoms with E-state index in [4.69, 9.17) is 26.1 Å². The molecule has 0 bridgehead atoms. The Morgan fingerprint density at radius 3 is 2.70 bits per heavy atom. The quantitative estimate of drug-likeness (QED) is 0.514. The normalized spacial score (nSPS) is 17.3. The third-order valence-electron chi connectivity index (χ3n) is 6.00. The topological polar surface area (TPSA) is 54.4 Å². The summed E-state index contributed by atoms with van der Waals surface area (Å²) in [6.07, 6.45) is 0. The van der Waals surface area contributed by atoms with Crippen LogP contribution in [-0.4, -0.2) is 54.3 Å². The van der Waals surface area contributed by atoms with Gasteiger partial charge in [-0.2, -0.15) is 0 Å². The Bertz CT molecular complexity index is 1240. The number of hydrogen-bond acceptors (Lipinski definition) is 5. The molecule has 0 saturated carbocycles. The van der Waals surface area contributed by atoms with E-state index in [1.54, 1.807) is 31.4 Å². The maximum absolute atomic E-state index is 13.1. The number of ether oxygens (including phenoxy) is 2. The molecule has 1 atom stereocenters. The van der Waals surface area contributed by atoms with Gasteiger partial charge < -0.3 is 19.3 Å². The highest BCUT2D eigenvalue weighted by molar-refractivity contribution is 6.31. The minimum absolute atomic E-state index is 0.0109. The van der Waals surface area contributed by atoms with Crippen LogP contribution in [0.25, 0.3) is 0 Å². The van der Waals surface area contributed by atoms with E-state index < -0.39 is 0 Å². The molecule has 2 aliphatic rings. The van der Waals surface area contributed by atoms with Crippen molar-refractivity contribution in [1.29, 1.82) is 0 Å². The number of methoxy groups -OCH3 is 1. The molecule has 0 aromatic heterocycles. The molecule has 6 nitrogen and oxygen atoms in total. The Kier molecular flexibility index (Phi) is 5.68. The fraction of sp³-hybridized carbons (Fsp3) is 0.231. The smallest absolute Gasteiger partial charge is 0.254 e. The molecule has 2 aliphatic heterocycles. The van der Waals surface area contributed by atoms with Crippen LogP contribution in [0.15, 0.2) is 71.7 Å². The van der Waals surface area contributed by atoms with E-state index >= 15 is 0 Å². The average molecular weight is 462 g/mol. The highest BCUT2D eigenvalue weighted by Crippen LogP contribution is 2.39. The number of fused-ring (bicyclic) bond motifs is 2. The second-order valence-corrected chi connectivity index (χ2v) is 8.61. The summed E-state index contributed by atoms with van der Waals surface area (Å²) in [7, 11) is 1.65. The lowest BCUT2D eigenvalue weighted by atomic mass is 10.1. The largest absolute Gasteiger partial charge is 0.497 e. The van der Waals surface area contributed by atoms with Crippen LogP contribution in [0.3, 0.4) is 0 Å². The van der Waals surface area contributed by atoms with E-state index in [9.17, 15) is 4.79 Å². The van der Waals surface area contributed by atoms with Gasteiger partial charge in [-0.05, 0) is 55.5 Å². The lowest BCUT2D eigenvalue weighted by Crippen LogP contribution is -2.55. The van der Waals surface area contributed by atoms with Crippen molar-refractivity contribution in [2.24, 2.45) is 4.99 Å². The van der Waals surface area contributed by atoms with Crippen molar-refractivity contribution in [2.45, 2.75) is 13.0 Å². The van der Waals surface area contributed by atoms with Crippen LogP contribution in [0.1, 0.15) is 22.8 Å². The number of carbonyl (C=O) groups is 1. The maximum atomic E-state index is 13.1. The van der Waals surface area contributed by atoms with Crippen molar-refractivity contribution in [3.63, 3.8) is 0 Å². The first-order chi connectivity index (χ1) is 16.0. The molecular formula is C26H24ClN3O3. The summed E-state index contributed by atoms with van der Waals surface area (Å²) in [5.74, 6) is 2.98. The van der Waals surface area contributed by atoms with Gasteiger partial charge in [-0.15, -0.1) is 0 Å². The standard InChI is InChI=1S/C26H24ClN3O3/c1-17-16-29(12-13-30(17)26(31)18-6-5-7-19(27)14-18)25-21-15-20(32-2)10-11-23(21)33-24-9-4-3-8-22(24)28-25/h3-11,14-15,17H,12-13,16H2,1-2H3. The van der Waals surface area contributed by atoms with Crippen LogP contribution in [-0.2, 0) is 0 Å². The van der Waals surface area contributed by atoms with Crippen molar-refractivity contribution in [2.75, 3.05) is 26.7 Å². The van der Waals surface area contributed by atoms with E-state index in [1.807, 2.05) is 47.4 Å². The monoisotopic (exact) mass is 461 g/mol. The number of halogens is 1. The van der Waals surface area contributed by atoms with Gasteiger partial charge in [0.15, 0.2) is 5.75 Å². The summed E-state index contributed by atoms with van der Waals surface area (Å²) in [4.78, 5) is 22.2. The van der Waals surface area contributed by atoms with Gasteiger partial charge in [0.1, 0.15) is 23.0 Å². The Hall–Kier alpha value is -3.51. The molecule has 7 heteroatoms. The zero-order valence-corrected chi connectivity index (χ0v) is 19.2. The summed E-state index contributed by atoms with van der Waals surface area (Å²) in [5.41, 5.74) is 2.24. The van der Waals surface area contributed by atoms with Gasteiger partial charge in [0.25, 0.3) is 5.91 Å². The average Bonchev–Trinajstić information content (AvgIpc) is 3.00. The van der Waals surface area contributed by atoms with E-state index in [0.29, 0.717) is 36.0 Å². The fourth-order valence-corrected chi connectivity index (χ4v) is 4.50. The summed E-state index contributed by atoms with van der Waals surface area (Å²) >= 11 is 6.10. The molecular weight excluding hydrogens is 438 g/mol. The Morgan fingerprint density at radius 2 is 1.91 bits per heavy atom. The van der Waals surface area contributed by atoms with Gasteiger partial charge in [0, 0.05) is 36.3 Å². The molecule has 0 aliphatic carbocycles. The van der Waals surface area contributed by atoms with Gasteiger partial charge in [-0.25, -0.2) is 4.99 Å². The molecule has 168 valence electrons. The molecule has 2 heterocycles. The summed E-state index contributed by atoms with van der Waals surface area (Å²) in [5, 5.41) is 0.559. The van der Waals surface area contributed by atoms with Crippen LogP contribution in [0.4, 0.5) is 5.69 Å². The second-order valence-electron chi connectivity index (χ2n) is 8.17. The number of amidine groups is 1. The zero-order chi connectivity index (χ0) is 22.9. The molecule has 1 amide bonds. The number of piperazine rings is 1. The van der Waals surface area contributed by atoms with E-state index in [0.717, 1.165) is 28.6 Å². The summed E-state index contributed by atoms with van der Waals surface area (Å²) < 4.78 is 11.7. The zero-order valence-electron chi connectivity index (χ0n) is 18.5. The Morgan fingerprint density at radius 1 is 1.06 bits per heavy atom. The number of benzene rings is 3. The van der Waals surface area contributed by atoms with E-state index in [-0.39, 0.29) is 11.9 Å². The molecule has 1 fully saturated rings. The number of rotatable bonds is 2. The first-order valence-electron chi connectivity index (χ1n) is 10.9. The molecule has 1 unspecified atom stereocenters. The van der Waals surface area contributed by atoms with Gasteiger partial charge in [0.05, 0.1) is 12.7 Å². The first kappa shape index (κ1) is 21.3. The predicted molar refractivity (Wildman–Crippen MR) is 129 cm³/mol. The minimum Gasteiger partial charge on any atom is -0.497 e. The number of nitrogens with zero attached hydrogens (tertiary/aromatic N) is 3. The highest BCUT2D eigenvalue weighted by atomic mass is 35.5. The molecule has 0 radical (unpaired) electrons. The summed E-state index contributed by atoms with van der Waals surface area (Å²) in [6, 6.07) is 20.6. The van der Waals surface area contributed by atoms with Crippen molar-refractivity contribution in [1.82, 2.24) is 9.80 Å². The molecule has 33 heavy (non-hydrogen) atoms. The molecule has 5 rings (SSSR count). The van der Waals surface area contributed by atoms with E-state index in [1.165, 1.54) is 0 Å². The maximum Gasteiger partial charge on any atom is 0.254 e.